The number of aliphatic hydroxyl groups excluding tert-OH is 1. The zero-order valence-corrected chi connectivity index (χ0v) is 13.7. The number of hydrogen-bond donors (Lipinski definition) is 1. The zero-order valence-electron chi connectivity index (χ0n) is 12.1. The third-order valence-electron chi connectivity index (χ3n) is 4.97. The summed E-state index contributed by atoms with van der Waals surface area (Å²) < 4.78 is 7.09. The van der Waals surface area contributed by atoms with Gasteiger partial charge in [-0.15, -0.1) is 0 Å². The maximum absolute atomic E-state index is 10.8. The van der Waals surface area contributed by atoms with Gasteiger partial charge in [-0.25, -0.2) is 0 Å². The van der Waals surface area contributed by atoms with Crippen LogP contribution in [-0.2, 0) is 4.74 Å². The van der Waals surface area contributed by atoms with Crippen molar-refractivity contribution in [2.24, 2.45) is 5.92 Å². The first-order chi connectivity index (χ1) is 9.60. The summed E-state index contributed by atoms with van der Waals surface area (Å²) in [5.41, 5.74) is 2.31. The van der Waals surface area contributed by atoms with Gasteiger partial charge in [-0.1, -0.05) is 40.9 Å². The Morgan fingerprint density at radius 3 is 2.80 bits per heavy atom. The van der Waals surface area contributed by atoms with Crippen molar-refractivity contribution in [2.45, 2.75) is 57.2 Å². The second-order valence-electron chi connectivity index (χ2n) is 6.46. The normalized spacial score (nSPS) is 26.9. The van der Waals surface area contributed by atoms with Crippen LogP contribution in [0.5, 0.6) is 0 Å². The lowest BCUT2D eigenvalue weighted by molar-refractivity contribution is -0.113. The third-order valence-corrected chi connectivity index (χ3v) is 5.65. The van der Waals surface area contributed by atoms with Gasteiger partial charge in [-0.2, -0.15) is 0 Å². The van der Waals surface area contributed by atoms with Crippen molar-refractivity contribution < 1.29 is 9.84 Å². The molecule has 0 bridgehead atoms. The molecule has 1 saturated heterocycles. The van der Waals surface area contributed by atoms with Crippen LogP contribution >= 0.6 is 15.9 Å². The molecule has 1 aromatic rings. The molecule has 2 unspecified atom stereocenters. The Bertz CT molecular complexity index is 480. The van der Waals surface area contributed by atoms with E-state index in [0.29, 0.717) is 5.92 Å². The Morgan fingerprint density at radius 1 is 1.35 bits per heavy atom. The summed E-state index contributed by atoms with van der Waals surface area (Å²) in [5, 5.41) is 10.8. The Morgan fingerprint density at radius 2 is 2.10 bits per heavy atom. The van der Waals surface area contributed by atoms with Gasteiger partial charge in [0.25, 0.3) is 0 Å². The molecule has 1 spiro atoms. The molecule has 20 heavy (non-hydrogen) atoms. The van der Waals surface area contributed by atoms with Crippen LogP contribution in [0.4, 0.5) is 0 Å². The third kappa shape index (κ3) is 2.81. The van der Waals surface area contributed by atoms with E-state index in [1.807, 2.05) is 0 Å². The molecule has 110 valence electrons. The van der Waals surface area contributed by atoms with Gasteiger partial charge in [0.05, 0.1) is 11.7 Å². The molecule has 0 aromatic heterocycles. The van der Waals surface area contributed by atoms with Crippen molar-refractivity contribution in [1.82, 2.24) is 0 Å². The number of hydrogen-bond acceptors (Lipinski definition) is 2. The van der Waals surface area contributed by atoms with Gasteiger partial charge < -0.3 is 9.84 Å². The first kappa shape index (κ1) is 14.6. The fourth-order valence-corrected chi connectivity index (χ4v) is 4.56. The minimum Gasteiger partial charge on any atom is -0.388 e. The first-order valence-electron chi connectivity index (χ1n) is 7.68. The number of aryl methyl sites for hydroxylation is 1. The highest BCUT2D eigenvalue weighted by Gasteiger charge is 2.42. The first-order valence-corrected chi connectivity index (χ1v) is 8.47. The average molecular weight is 339 g/mol. The van der Waals surface area contributed by atoms with Gasteiger partial charge in [-0.05, 0) is 55.7 Å². The number of benzene rings is 1. The lowest BCUT2D eigenvalue weighted by atomic mass is 9.80. The van der Waals surface area contributed by atoms with E-state index in [-0.39, 0.29) is 11.7 Å². The van der Waals surface area contributed by atoms with Gasteiger partial charge in [0, 0.05) is 11.1 Å². The smallest absolute Gasteiger partial charge is 0.0831 e. The van der Waals surface area contributed by atoms with Crippen LogP contribution < -0.4 is 0 Å². The quantitative estimate of drug-likeness (QED) is 0.858. The van der Waals surface area contributed by atoms with E-state index in [0.717, 1.165) is 29.5 Å². The monoisotopic (exact) mass is 338 g/mol. The molecule has 0 radical (unpaired) electrons. The van der Waals surface area contributed by atoms with Crippen LogP contribution in [0.3, 0.4) is 0 Å². The van der Waals surface area contributed by atoms with Gasteiger partial charge >= 0.3 is 0 Å². The summed E-state index contributed by atoms with van der Waals surface area (Å²) in [6.07, 6.45) is 6.48. The minimum absolute atomic E-state index is 0.0705. The Kier molecular flexibility index (Phi) is 4.21. The van der Waals surface area contributed by atoms with Crippen LogP contribution in [0.2, 0.25) is 0 Å². The van der Waals surface area contributed by atoms with Crippen molar-refractivity contribution in [3.63, 3.8) is 0 Å². The zero-order chi connectivity index (χ0) is 14.2. The minimum atomic E-state index is -0.383. The summed E-state index contributed by atoms with van der Waals surface area (Å²) in [6.45, 7) is 2.87. The van der Waals surface area contributed by atoms with E-state index < -0.39 is 0 Å². The molecule has 3 rings (SSSR count). The molecule has 1 saturated carbocycles. The molecule has 1 aliphatic carbocycles. The summed E-state index contributed by atoms with van der Waals surface area (Å²) in [4.78, 5) is 0. The summed E-state index contributed by atoms with van der Waals surface area (Å²) >= 11 is 3.60. The van der Waals surface area contributed by atoms with Gasteiger partial charge in [0.15, 0.2) is 0 Å². The maximum atomic E-state index is 10.8. The summed E-state index contributed by atoms with van der Waals surface area (Å²) in [7, 11) is 0. The van der Waals surface area contributed by atoms with Gasteiger partial charge in [-0.3, -0.25) is 0 Å². The lowest BCUT2D eigenvalue weighted by Gasteiger charge is -2.40. The predicted molar refractivity (Wildman–Crippen MR) is 83.7 cm³/mol. The van der Waals surface area contributed by atoms with E-state index in [1.165, 1.54) is 31.2 Å². The van der Waals surface area contributed by atoms with Crippen molar-refractivity contribution in [1.29, 1.82) is 0 Å². The fraction of sp³-hybridized carbons (Fsp3) is 0.647. The van der Waals surface area contributed by atoms with Crippen molar-refractivity contribution >= 4 is 15.9 Å². The molecule has 1 aromatic carbocycles. The number of ether oxygens (including phenoxy) is 1. The molecule has 2 aliphatic rings. The predicted octanol–water partition coefficient (Wildman–Crippen LogP) is 4.53. The molecule has 2 fully saturated rings. The number of halogens is 1. The Labute approximate surface area is 129 Å². The van der Waals surface area contributed by atoms with E-state index >= 15 is 0 Å². The molecule has 1 aliphatic heterocycles. The van der Waals surface area contributed by atoms with E-state index in [1.54, 1.807) is 0 Å². The molecule has 0 amide bonds. The molecule has 2 atom stereocenters. The molecule has 1 heterocycles. The van der Waals surface area contributed by atoms with E-state index in [9.17, 15) is 5.11 Å². The Hall–Kier alpha value is -0.380. The number of rotatable bonds is 2. The molecule has 2 nitrogen and oxygen atoms in total. The molecule has 1 N–H and O–H groups in total. The van der Waals surface area contributed by atoms with Crippen LogP contribution in [0.1, 0.15) is 55.8 Å². The van der Waals surface area contributed by atoms with Crippen LogP contribution in [0.15, 0.2) is 22.7 Å². The second-order valence-corrected chi connectivity index (χ2v) is 7.32. The standard InChI is InChI=1S/C17H23BrO2/c1-12-4-5-14(15(18)10-12)16(19)13-6-9-20-17(11-13)7-2-3-8-17/h4-5,10,13,16,19H,2-3,6-9,11H2,1H3. The summed E-state index contributed by atoms with van der Waals surface area (Å²) in [5.74, 6) is 0.320. The topological polar surface area (TPSA) is 29.5 Å². The van der Waals surface area contributed by atoms with Gasteiger partial charge in [0.1, 0.15) is 0 Å². The van der Waals surface area contributed by atoms with Crippen LogP contribution in [0.25, 0.3) is 0 Å². The highest BCUT2D eigenvalue weighted by atomic mass is 79.9. The lowest BCUT2D eigenvalue weighted by Crippen LogP contribution is -2.39. The molecular weight excluding hydrogens is 316 g/mol. The van der Waals surface area contributed by atoms with Gasteiger partial charge in [0.2, 0.25) is 0 Å². The maximum Gasteiger partial charge on any atom is 0.0831 e. The molecule has 3 heteroatoms. The van der Waals surface area contributed by atoms with E-state index in [2.05, 4.69) is 41.1 Å². The SMILES string of the molecule is Cc1ccc(C(O)C2CCOC3(CCCC3)C2)c(Br)c1. The number of aliphatic hydroxyl groups is 1. The second kappa shape index (κ2) is 5.78. The largest absolute Gasteiger partial charge is 0.388 e. The highest BCUT2D eigenvalue weighted by Crippen LogP contribution is 2.46. The summed E-state index contributed by atoms with van der Waals surface area (Å²) in [6, 6.07) is 6.22. The van der Waals surface area contributed by atoms with Crippen molar-refractivity contribution in [3.8, 4) is 0 Å². The Balaban J connectivity index is 1.77. The highest BCUT2D eigenvalue weighted by molar-refractivity contribution is 9.10. The van der Waals surface area contributed by atoms with Crippen LogP contribution in [-0.4, -0.2) is 17.3 Å². The van der Waals surface area contributed by atoms with Crippen molar-refractivity contribution in [3.05, 3.63) is 33.8 Å². The fourth-order valence-electron chi connectivity index (χ4n) is 3.83. The van der Waals surface area contributed by atoms with E-state index in [4.69, 9.17) is 4.74 Å². The van der Waals surface area contributed by atoms with Crippen molar-refractivity contribution in [2.75, 3.05) is 6.61 Å². The molecular formula is C17H23BrO2. The average Bonchev–Trinajstić information content (AvgIpc) is 2.86. The van der Waals surface area contributed by atoms with Crippen LogP contribution in [0, 0.1) is 12.8 Å².